The third-order valence-corrected chi connectivity index (χ3v) is 1.16. The highest BCUT2D eigenvalue weighted by Gasteiger charge is 2.33. The highest BCUT2D eigenvalue weighted by Crippen LogP contribution is 2.27. The van der Waals surface area contributed by atoms with E-state index in [1.54, 1.807) is 10.1 Å². The van der Waals surface area contributed by atoms with Crippen molar-refractivity contribution < 1.29 is 8.78 Å². The van der Waals surface area contributed by atoms with Gasteiger partial charge >= 0.3 is 11.1 Å². The fourth-order valence-corrected chi connectivity index (χ4v) is 0.668. The van der Waals surface area contributed by atoms with E-state index in [9.17, 15) is 18.4 Å². The van der Waals surface area contributed by atoms with Crippen molar-refractivity contribution in [3.63, 3.8) is 0 Å². The maximum absolute atomic E-state index is 12.2. The summed E-state index contributed by atoms with van der Waals surface area (Å²) < 4.78 is 24.4. The summed E-state index contributed by atoms with van der Waals surface area (Å²) in [6, 6.07) is 0. The number of H-pyrrole nitrogens is 2. The molecule has 0 aliphatic rings. The number of rotatable bonds is 1. The molecule has 0 bridgehead atoms. The van der Waals surface area contributed by atoms with Crippen LogP contribution in [0.1, 0.15) is 5.69 Å². The van der Waals surface area contributed by atoms with Gasteiger partial charge < -0.3 is 0 Å². The predicted octanol–water partition coefficient (Wildman–Crippen LogP) is -0.254. The van der Waals surface area contributed by atoms with Crippen LogP contribution in [0.2, 0.25) is 0 Å². The van der Waals surface area contributed by atoms with Gasteiger partial charge in [-0.1, -0.05) is 0 Å². The van der Waals surface area contributed by atoms with E-state index in [0.29, 0.717) is 0 Å². The molecule has 0 unspecified atom stereocenters. The van der Waals surface area contributed by atoms with E-state index >= 15 is 0 Å². The monoisotopic (exact) mass is 197 g/mol. The van der Waals surface area contributed by atoms with Gasteiger partial charge in [-0.2, -0.15) is 13.9 Å². The van der Waals surface area contributed by atoms with Gasteiger partial charge in [-0.05, 0) is 11.6 Å². The van der Waals surface area contributed by atoms with Gasteiger partial charge in [0.15, 0.2) is 0 Å². The molecule has 8 heteroatoms. The maximum atomic E-state index is 12.2. The largest absolute Gasteiger partial charge is 0.371 e. The fraction of sp³-hybridized carbons (Fsp3) is 0.250. The van der Waals surface area contributed by atoms with Crippen LogP contribution in [-0.4, -0.2) is 15.2 Å². The molecular weight excluding hydrogens is 196 g/mol. The molecule has 1 rings (SSSR count). The molecule has 0 aliphatic heterocycles. The molecule has 2 N–H and O–H groups in total. The molecule has 0 atom stereocenters. The van der Waals surface area contributed by atoms with Crippen LogP contribution >= 0.6 is 11.6 Å². The lowest BCUT2D eigenvalue weighted by Gasteiger charge is -2.02. The standard InChI is InChI=1S/C4H2ClF2N3O2/c5-4(6,7)1-2(11)8-3(12)10-9-1/h(H2,8,10,11,12). The third-order valence-electron chi connectivity index (χ3n) is 0.980. The highest BCUT2D eigenvalue weighted by molar-refractivity contribution is 6.21. The summed E-state index contributed by atoms with van der Waals surface area (Å²) in [5.41, 5.74) is -3.51. The first kappa shape index (κ1) is 8.85. The molecule has 0 spiro atoms. The van der Waals surface area contributed by atoms with Gasteiger partial charge in [-0.25, -0.2) is 9.89 Å². The SMILES string of the molecule is O=c1[nH]nc(C(F)(F)Cl)c(=O)[nH]1. The summed E-state index contributed by atoms with van der Waals surface area (Å²) in [6.07, 6.45) is 0. The smallest absolute Gasteiger partial charge is 0.271 e. The van der Waals surface area contributed by atoms with Gasteiger partial charge in [-0.3, -0.25) is 9.78 Å². The normalized spacial score (nSPS) is 11.6. The highest BCUT2D eigenvalue weighted by atomic mass is 35.5. The lowest BCUT2D eigenvalue weighted by atomic mass is 10.5. The van der Waals surface area contributed by atoms with Crippen molar-refractivity contribution in [2.45, 2.75) is 5.38 Å². The Kier molecular flexibility index (Phi) is 1.97. The van der Waals surface area contributed by atoms with Crippen LogP contribution in [0.5, 0.6) is 0 Å². The molecule has 66 valence electrons. The molecule has 0 aliphatic carbocycles. The minimum Gasteiger partial charge on any atom is -0.271 e. The molecule has 1 aromatic rings. The Labute approximate surface area is 68.4 Å². The second kappa shape index (κ2) is 2.67. The van der Waals surface area contributed by atoms with E-state index in [4.69, 9.17) is 0 Å². The summed E-state index contributed by atoms with van der Waals surface area (Å²) >= 11 is 4.48. The van der Waals surface area contributed by atoms with Gasteiger partial charge in [0, 0.05) is 0 Å². The molecule has 0 fully saturated rings. The number of alkyl halides is 3. The average Bonchev–Trinajstić information content (AvgIpc) is 1.83. The first-order valence-corrected chi connectivity index (χ1v) is 3.05. The molecule has 1 aromatic heterocycles. The van der Waals surface area contributed by atoms with E-state index in [1.165, 1.54) is 0 Å². The lowest BCUT2D eigenvalue weighted by Crippen LogP contribution is -2.31. The fourth-order valence-electron chi connectivity index (χ4n) is 0.540. The molecule has 0 radical (unpaired) electrons. The van der Waals surface area contributed by atoms with Crippen molar-refractivity contribution in [2.75, 3.05) is 0 Å². The van der Waals surface area contributed by atoms with E-state index in [0.717, 1.165) is 0 Å². The van der Waals surface area contributed by atoms with E-state index in [2.05, 4.69) is 16.7 Å². The van der Waals surface area contributed by atoms with Crippen LogP contribution in [0.3, 0.4) is 0 Å². The zero-order valence-corrected chi connectivity index (χ0v) is 6.15. The second-order valence-corrected chi connectivity index (χ2v) is 2.33. The molecule has 1 heterocycles. The second-order valence-electron chi connectivity index (χ2n) is 1.85. The van der Waals surface area contributed by atoms with Crippen LogP contribution in [0.25, 0.3) is 0 Å². The van der Waals surface area contributed by atoms with Gasteiger partial charge in [0.1, 0.15) is 0 Å². The summed E-state index contributed by atoms with van der Waals surface area (Å²) in [5, 5.41) is 0.530. The third kappa shape index (κ3) is 1.67. The van der Waals surface area contributed by atoms with Gasteiger partial charge in [0.2, 0.25) is 5.69 Å². The van der Waals surface area contributed by atoms with Crippen molar-refractivity contribution in [1.82, 2.24) is 15.2 Å². The maximum Gasteiger partial charge on any atom is 0.371 e. The number of halogens is 3. The first-order valence-electron chi connectivity index (χ1n) is 2.67. The topological polar surface area (TPSA) is 78.6 Å². The van der Waals surface area contributed by atoms with Gasteiger partial charge in [0.25, 0.3) is 5.56 Å². The molecule has 12 heavy (non-hydrogen) atoms. The quantitative estimate of drug-likeness (QED) is 0.609. The van der Waals surface area contributed by atoms with Crippen molar-refractivity contribution in [2.24, 2.45) is 0 Å². The summed E-state index contributed by atoms with van der Waals surface area (Å²) in [4.78, 5) is 22.4. The van der Waals surface area contributed by atoms with Crippen LogP contribution < -0.4 is 11.2 Å². The number of hydrogen-bond acceptors (Lipinski definition) is 3. The van der Waals surface area contributed by atoms with Crippen LogP contribution in [0.15, 0.2) is 9.59 Å². The Balaban J connectivity index is 3.39. The summed E-state index contributed by atoms with van der Waals surface area (Å²) in [5.74, 6) is 0. The molecule has 5 nitrogen and oxygen atoms in total. The molecular formula is C4H2ClF2N3O2. The minimum atomic E-state index is -3.88. The molecule has 0 saturated heterocycles. The zero-order valence-electron chi connectivity index (χ0n) is 5.40. The van der Waals surface area contributed by atoms with Gasteiger partial charge in [0.05, 0.1) is 0 Å². The molecule has 0 amide bonds. The van der Waals surface area contributed by atoms with Crippen LogP contribution in [0, 0.1) is 0 Å². The van der Waals surface area contributed by atoms with E-state index in [1.807, 2.05) is 0 Å². The first-order chi connectivity index (χ1) is 5.41. The summed E-state index contributed by atoms with van der Waals surface area (Å²) in [6.45, 7) is 0. The minimum absolute atomic E-state index is 0.968. The number of nitrogens with zero attached hydrogens (tertiary/aromatic N) is 1. The van der Waals surface area contributed by atoms with Crippen molar-refractivity contribution in [3.05, 3.63) is 26.5 Å². The summed E-state index contributed by atoms with van der Waals surface area (Å²) in [7, 11) is 0. The Morgan fingerprint density at radius 3 is 2.42 bits per heavy atom. The van der Waals surface area contributed by atoms with Crippen LogP contribution in [-0.2, 0) is 5.38 Å². The Morgan fingerprint density at radius 1 is 1.42 bits per heavy atom. The van der Waals surface area contributed by atoms with Gasteiger partial charge in [-0.15, -0.1) is 0 Å². The Morgan fingerprint density at radius 2 is 2.00 bits per heavy atom. The number of nitrogens with one attached hydrogen (secondary N) is 2. The predicted molar refractivity (Wildman–Crippen MR) is 35.2 cm³/mol. The number of aromatic amines is 2. The van der Waals surface area contributed by atoms with E-state index < -0.39 is 22.3 Å². The Bertz CT molecular complexity index is 392. The molecule has 0 saturated carbocycles. The van der Waals surface area contributed by atoms with Crippen molar-refractivity contribution >= 4 is 11.6 Å². The lowest BCUT2D eigenvalue weighted by molar-refractivity contribution is 0.0867. The zero-order chi connectivity index (χ0) is 9.35. The number of hydrogen-bond donors (Lipinski definition) is 2. The van der Waals surface area contributed by atoms with Crippen LogP contribution in [0.4, 0.5) is 8.78 Å². The molecule has 0 aromatic carbocycles. The van der Waals surface area contributed by atoms with E-state index in [-0.39, 0.29) is 0 Å². The number of aromatic nitrogens is 3. The van der Waals surface area contributed by atoms with Crippen molar-refractivity contribution in [1.29, 1.82) is 0 Å². The van der Waals surface area contributed by atoms with Crippen molar-refractivity contribution in [3.8, 4) is 0 Å². The Hall–Kier alpha value is -1.24. The average molecular weight is 198 g/mol.